The molecule has 0 aromatic rings. The molecule has 0 heterocycles. The molecule has 2 atom stereocenters. The molecule has 0 radical (unpaired) electrons. The molecular weight excluding hydrogens is 915 g/mol. The first-order valence-electron chi connectivity index (χ1n) is 34.4. The average Bonchev–Trinajstić information content (AvgIpc) is 3.41. The predicted octanol–water partition coefficient (Wildman–Crippen LogP) is 23.3. The largest absolute Gasteiger partial charge is 0.394 e. The Morgan fingerprint density at radius 3 is 0.813 bits per heavy atom. The third-order valence-corrected chi connectivity index (χ3v) is 16.1. The molecule has 0 fully saturated rings. The van der Waals surface area contributed by atoms with E-state index in [-0.39, 0.29) is 12.5 Å². The Morgan fingerprint density at radius 2 is 0.547 bits per heavy atom. The minimum Gasteiger partial charge on any atom is -0.394 e. The summed E-state index contributed by atoms with van der Waals surface area (Å²) in [6, 6.07) is -0.623. The summed E-state index contributed by atoms with van der Waals surface area (Å²) < 4.78 is 0. The van der Waals surface area contributed by atoms with Gasteiger partial charge in [0, 0.05) is 6.42 Å². The number of carbonyl (C=O) groups is 1. The maximum atomic E-state index is 12.5. The lowest BCUT2D eigenvalue weighted by atomic mass is 10.0. The fourth-order valence-corrected chi connectivity index (χ4v) is 10.8. The van der Waals surface area contributed by atoms with Crippen LogP contribution in [0.5, 0.6) is 0 Å². The molecule has 0 aliphatic carbocycles. The van der Waals surface area contributed by atoms with E-state index in [0.29, 0.717) is 6.42 Å². The number of allylic oxidation sites excluding steroid dienone is 7. The van der Waals surface area contributed by atoms with Crippen molar-refractivity contribution in [1.82, 2.24) is 5.32 Å². The Balaban J connectivity index is 3.43. The monoisotopic (exact) mass is 1050 g/mol. The van der Waals surface area contributed by atoms with E-state index in [9.17, 15) is 15.0 Å². The summed E-state index contributed by atoms with van der Waals surface area (Å²) >= 11 is 0. The molecule has 0 spiro atoms. The van der Waals surface area contributed by atoms with Gasteiger partial charge in [0.25, 0.3) is 0 Å². The Kier molecular flexibility index (Phi) is 65.2. The zero-order chi connectivity index (χ0) is 54.1. The van der Waals surface area contributed by atoms with Crippen molar-refractivity contribution in [3.05, 3.63) is 48.6 Å². The van der Waals surface area contributed by atoms with E-state index in [1.54, 1.807) is 6.08 Å². The Morgan fingerprint density at radius 1 is 0.320 bits per heavy atom. The van der Waals surface area contributed by atoms with Gasteiger partial charge in [-0.2, -0.15) is 0 Å². The molecule has 4 heteroatoms. The van der Waals surface area contributed by atoms with Crippen LogP contribution in [0.2, 0.25) is 0 Å². The van der Waals surface area contributed by atoms with Gasteiger partial charge in [-0.05, 0) is 57.8 Å². The topological polar surface area (TPSA) is 69.6 Å². The first kappa shape index (κ1) is 73.3. The van der Waals surface area contributed by atoms with Gasteiger partial charge in [-0.15, -0.1) is 0 Å². The van der Waals surface area contributed by atoms with Crippen molar-refractivity contribution in [3.63, 3.8) is 0 Å². The van der Waals surface area contributed by atoms with Crippen LogP contribution in [-0.2, 0) is 4.79 Å². The molecule has 442 valence electrons. The van der Waals surface area contributed by atoms with Crippen molar-refractivity contribution in [3.8, 4) is 0 Å². The molecule has 0 aromatic heterocycles. The summed E-state index contributed by atoms with van der Waals surface area (Å²) in [5.74, 6) is -0.0569. The van der Waals surface area contributed by atoms with Crippen LogP contribution < -0.4 is 5.32 Å². The van der Waals surface area contributed by atoms with Gasteiger partial charge in [-0.3, -0.25) is 4.79 Å². The molecule has 0 bridgehead atoms. The van der Waals surface area contributed by atoms with Crippen molar-refractivity contribution in [2.45, 2.75) is 392 Å². The molecular formula is C71H135NO3. The van der Waals surface area contributed by atoms with Crippen LogP contribution in [0.15, 0.2) is 48.6 Å². The lowest BCUT2D eigenvalue weighted by Gasteiger charge is -2.20. The molecule has 1 amide bonds. The molecule has 0 saturated carbocycles. The molecule has 0 aliphatic heterocycles. The standard InChI is InChI=1S/C71H135NO3/c1-3-5-7-9-11-13-15-17-19-21-23-25-27-29-31-33-34-35-36-37-38-39-41-43-45-47-49-51-53-55-57-59-61-63-65-67-71(75)72-69(68-73)70(74)66-64-62-60-58-56-54-52-50-48-46-44-42-40-32-30-28-26-24-22-20-18-16-14-12-10-8-6-4-2/h15,17,21,23,27,29,64,66,69-70,73-74H,3-14,16,18-20,22,24-26,28,30-63,65,67-68H2,1-2H3,(H,72,75)/b17-15-,23-21-,29-27-,66-64+. The summed E-state index contributed by atoms with van der Waals surface area (Å²) in [4.78, 5) is 12.5. The number of carbonyl (C=O) groups excluding carboxylic acids is 1. The van der Waals surface area contributed by atoms with Crippen LogP contribution in [0.1, 0.15) is 380 Å². The molecule has 0 saturated heterocycles. The first-order valence-corrected chi connectivity index (χ1v) is 34.4. The van der Waals surface area contributed by atoms with E-state index in [0.717, 1.165) is 38.5 Å². The van der Waals surface area contributed by atoms with E-state index in [4.69, 9.17) is 0 Å². The highest BCUT2D eigenvalue weighted by Crippen LogP contribution is 2.19. The van der Waals surface area contributed by atoms with Crippen LogP contribution in [0.4, 0.5) is 0 Å². The van der Waals surface area contributed by atoms with Crippen LogP contribution in [-0.4, -0.2) is 34.9 Å². The highest BCUT2D eigenvalue weighted by molar-refractivity contribution is 5.76. The number of aliphatic hydroxyl groups excluding tert-OH is 2. The van der Waals surface area contributed by atoms with Crippen molar-refractivity contribution >= 4 is 5.91 Å². The molecule has 0 aliphatic rings. The SMILES string of the molecule is CCCCCCC/C=C\C/C=C\C/C=C\CCCCCCCCCCCCCCCCCCCCCCC(=O)NC(CO)C(O)/C=C/CCCCCCCCCCCCCCCCCCCCCCCCCCCC. The highest BCUT2D eigenvalue weighted by Gasteiger charge is 2.18. The number of unbranched alkanes of at least 4 members (excludes halogenated alkanes) is 51. The van der Waals surface area contributed by atoms with Crippen LogP contribution in [0.25, 0.3) is 0 Å². The van der Waals surface area contributed by atoms with Crippen molar-refractivity contribution in [2.24, 2.45) is 0 Å². The molecule has 4 nitrogen and oxygen atoms in total. The molecule has 75 heavy (non-hydrogen) atoms. The fourth-order valence-electron chi connectivity index (χ4n) is 10.8. The Hall–Kier alpha value is -1.65. The van der Waals surface area contributed by atoms with Gasteiger partial charge in [-0.1, -0.05) is 364 Å². The number of amides is 1. The number of nitrogens with one attached hydrogen (secondary N) is 1. The summed E-state index contributed by atoms with van der Waals surface area (Å²) in [5, 5.41) is 23.3. The molecule has 3 N–H and O–H groups in total. The van der Waals surface area contributed by atoms with Gasteiger partial charge in [0.1, 0.15) is 0 Å². The van der Waals surface area contributed by atoms with Crippen LogP contribution in [0.3, 0.4) is 0 Å². The number of aliphatic hydroxyl groups is 2. The number of hydrogen-bond acceptors (Lipinski definition) is 3. The van der Waals surface area contributed by atoms with Crippen molar-refractivity contribution in [2.75, 3.05) is 6.61 Å². The maximum absolute atomic E-state index is 12.5. The van der Waals surface area contributed by atoms with E-state index < -0.39 is 12.1 Å². The predicted molar refractivity (Wildman–Crippen MR) is 336 cm³/mol. The van der Waals surface area contributed by atoms with E-state index in [2.05, 4.69) is 55.6 Å². The van der Waals surface area contributed by atoms with Gasteiger partial charge in [-0.25, -0.2) is 0 Å². The highest BCUT2D eigenvalue weighted by atomic mass is 16.3. The summed E-state index contributed by atoms with van der Waals surface area (Å²) in [6.45, 7) is 4.34. The van der Waals surface area contributed by atoms with Crippen molar-refractivity contribution < 1.29 is 15.0 Å². The number of hydrogen-bond donors (Lipinski definition) is 3. The second-order valence-electron chi connectivity index (χ2n) is 23.6. The second kappa shape index (κ2) is 66.6. The summed E-state index contributed by atoms with van der Waals surface area (Å²) in [7, 11) is 0. The Labute approximate surface area is 471 Å². The minimum absolute atomic E-state index is 0.0569. The molecule has 0 aromatic carbocycles. The quantitative estimate of drug-likeness (QED) is 0.0420. The Bertz CT molecular complexity index is 1190. The van der Waals surface area contributed by atoms with Gasteiger partial charge in [0.05, 0.1) is 18.8 Å². The zero-order valence-electron chi connectivity index (χ0n) is 51.1. The molecule has 0 rings (SSSR count). The lowest BCUT2D eigenvalue weighted by molar-refractivity contribution is -0.123. The zero-order valence-corrected chi connectivity index (χ0v) is 51.1. The maximum Gasteiger partial charge on any atom is 0.220 e. The van der Waals surface area contributed by atoms with Gasteiger partial charge in [0.2, 0.25) is 5.91 Å². The second-order valence-corrected chi connectivity index (χ2v) is 23.6. The van der Waals surface area contributed by atoms with Gasteiger partial charge >= 0.3 is 0 Å². The summed E-state index contributed by atoms with van der Waals surface area (Å²) in [5.41, 5.74) is 0. The first-order chi connectivity index (χ1) is 37.2. The van der Waals surface area contributed by atoms with E-state index >= 15 is 0 Å². The summed E-state index contributed by atoms with van der Waals surface area (Å²) in [6.07, 6.45) is 93.3. The van der Waals surface area contributed by atoms with E-state index in [1.807, 2.05) is 6.08 Å². The van der Waals surface area contributed by atoms with Crippen molar-refractivity contribution in [1.29, 1.82) is 0 Å². The van der Waals surface area contributed by atoms with Crippen LogP contribution >= 0.6 is 0 Å². The number of rotatable bonds is 64. The smallest absolute Gasteiger partial charge is 0.220 e. The van der Waals surface area contributed by atoms with E-state index in [1.165, 1.54) is 321 Å². The minimum atomic E-state index is -0.840. The average molecular weight is 1050 g/mol. The van der Waals surface area contributed by atoms with Crippen LogP contribution in [0, 0.1) is 0 Å². The fraction of sp³-hybridized carbons (Fsp3) is 0.873. The third-order valence-electron chi connectivity index (χ3n) is 16.1. The normalized spacial score (nSPS) is 13.0. The van der Waals surface area contributed by atoms with Gasteiger partial charge < -0.3 is 15.5 Å². The van der Waals surface area contributed by atoms with Gasteiger partial charge in [0.15, 0.2) is 0 Å². The third kappa shape index (κ3) is 63.1. The lowest BCUT2D eigenvalue weighted by Crippen LogP contribution is -2.45. The molecule has 2 unspecified atom stereocenters.